The summed E-state index contributed by atoms with van der Waals surface area (Å²) in [7, 11) is -2.32. The molecule has 234 valence electrons. The second-order valence-electron chi connectivity index (χ2n) is 14.4. The Bertz CT molecular complexity index is 885. The third-order valence-electron chi connectivity index (χ3n) is 7.81. The van der Waals surface area contributed by atoms with Crippen molar-refractivity contribution in [1.29, 1.82) is 0 Å². The lowest BCUT2D eigenvalue weighted by molar-refractivity contribution is -0.207. The van der Waals surface area contributed by atoms with E-state index in [4.69, 9.17) is 23.1 Å². The average molecular weight is 603 g/mol. The number of aliphatic hydroxyl groups is 2. The number of hydrogen-bond donors (Lipinski definition) is 2. The molecule has 0 amide bonds. The molecule has 0 saturated carbocycles. The molecule has 10 heteroatoms. The molecule has 1 aliphatic heterocycles. The van der Waals surface area contributed by atoms with E-state index in [1.54, 1.807) is 21.0 Å². The zero-order chi connectivity index (χ0) is 31.3. The lowest BCUT2D eigenvalue weighted by atomic mass is 9.84. The van der Waals surface area contributed by atoms with E-state index in [-0.39, 0.29) is 29.1 Å². The standard InChI is InChI=1S/C30H58O8Si2/c1-20(15-23(31)19-35-40(13,14)29(4,5)6)16-25(34-9)21(2)28(33)22(3)26(38-39(10,11)12)17-24-18-27(32)37-30(7,8)36-24/h16,18,21-23,25-26,28,31,33H,15,17,19H2,1-14H3/b20-16+/t21-,22-,23-,25-,26+,28+/m1/s1. The van der Waals surface area contributed by atoms with Gasteiger partial charge in [0, 0.05) is 39.2 Å². The van der Waals surface area contributed by atoms with Crippen LogP contribution in [0.1, 0.15) is 68.2 Å². The molecule has 0 aromatic rings. The lowest BCUT2D eigenvalue weighted by Gasteiger charge is -2.38. The highest BCUT2D eigenvalue weighted by Gasteiger charge is 2.39. The molecule has 2 N–H and O–H groups in total. The van der Waals surface area contributed by atoms with Crippen LogP contribution >= 0.6 is 0 Å². The number of hydrogen-bond acceptors (Lipinski definition) is 8. The van der Waals surface area contributed by atoms with E-state index in [0.717, 1.165) is 5.57 Å². The molecule has 0 saturated heterocycles. The molecule has 6 atom stereocenters. The largest absolute Gasteiger partial charge is 0.457 e. The van der Waals surface area contributed by atoms with Crippen LogP contribution in [-0.4, -0.2) is 76.7 Å². The molecule has 0 aromatic heterocycles. The molecular weight excluding hydrogens is 544 g/mol. The molecule has 0 bridgehead atoms. The minimum Gasteiger partial charge on any atom is -0.457 e. The molecule has 1 aliphatic rings. The van der Waals surface area contributed by atoms with Gasteiger partial charge in [-0.3, -0.25) is 0 Å². The van der Waals surface area contributed by atoms with Gasteiger partial charge in [-0.25, -0.2) is 4.79 Å². The Morgan fingerprint density at radius 2 is 1.65 bits per heavy atom. The average Bonchev–Trinajstić information content (AvgIpc) is 2.76. The molecule has 0 spiro atoms. The van der Waals surface area contributed by atoms with Crippen LogP contribution in [-0.2, 0) is 27.9 Å². The smallest absolute Gasteiger partial charge is 0.337 e. The molecule has 1 heterocycles. The number of rotatable bonds is 15. The molecule has 0 aliphatic carbocycles. The molecule has 0 radical (unpaired) electrons. The fraction of sp³-hybridized carbons (Fsp3) is 0.833. The van der Waals surface area contributed by atoms with E-state index in [1.165, 1.54) is 6.08 Å². The molecule has 0 fully saturated rings. The van der Waals surface area contributed by atoms with Crippen molar-refractivity contribution in [3.8, 4) is 0 Å². The minimum atomic E-state index is -2.00. The minimum absolute atomic E-state index is 0.0806. The van der Waals surface area contributed by atoms with Crippen molar-refractivity contribution in [2.75, 3.05) is 13.7 Å². The summed E-state index contributed by atoms with van der Waals surface area (Å²) in [5.74, 6) is -1.54. The van der Waals surface area contributed by atoms with Crippen LogP contribution in [0.3, 0.4) is 0 Å². The van der Waals surface area contributed by atoms with Gasteiger partial charge in [-0.1, -0.05) is 46.3 Å². The van der Waals surface area contributed by atoms with E-state index in [9.17, 15) is 15.0 Å². The van der Waals surface area contributed by atoms with Crippen LogP contribution in [0, 0.1) is 11.8 Å². The Hall–Kier alpha value is -1.02. The lowest BCUT2D eigenvalue weighted by Crippen LogP contribution is -2.45. The maximum absolute atomic E-state index is 12.1. The first-order valence-corrected chi connectivity index (χ1v) is 20.8. The van der Waals surface area contributed by atoms with Crippen LogP contribution < -0.4 is 0 Å². The van der Waals surface area contributed by atoms with E-state index < -0.39 is 40.6 Å². The fourth-order valence-corrected chi connectivity index (χ4v) is 6.73. The number of esters is 1. The highest BCUT2D eigenvalue weighted by molar-refractivity contribution is 6.74. The monoisotopic (exact) mass is 602 g/mol. The van der Waals surface area contributed by atoms with E-state index in [0.29, 0.717) is 25.2 Å². The zero-order valence-corrected chi connectivity index (χ0v) is 29.6. The van der Waals surface area contributed by atoms with E-state index in [1.807, 2.05) is 26.8 Å². The highest BCUT2D eigenvalue weighted by Crippen LogP contribution is 2.37. The van der Waals surface area contributed by atoms with Crippen LogP contribution in [0.15, 0.2) is 23.5 Å². The van der Waals surface area contributed by atoms with Crippen molar-refractivity contribution in [3.63, 3.8) is 0 Å². The number of carbonyl (C=O) groups excluding carboxylic acids is 1. The Labute approximate surface area is 245 Å². The van der Waals surface area contributed by atoms with Gasteiger partial charge in [-0.05, 0) is 51.1 Å². The highest BCUT2D eigenvalue weighted by atomic mass is 28.4. The SMILES string of the molecule is CO[C@H](/C=C(\C)C[C@@H](O)CO[Si](C)(C)C(C)(C)C)[C@@H](C)[C@H](O)[C@H](C)[C@H](CC1=CC(=O)OC(C)(C)O1)O[Si](C)(C)C. The third-order valence-corrected chi connectivity index (χ3v) is 13.3. The summed E-state index contributed by atoms with van der Waals surface area (Å²) < 4.78 is 29.6. The third kappa shape index (κ3) is 12.1. The van der Waals surface area contributed by atoms with Crippen molar-refractivity contribution in [2.24, 2.45) is 11.8 Å². The Morgan fingerprint density at radius 3 is 2.12 bits per heavy atom. The first kappa shape index (κ1) is 37.0. The predicted octanol–water partition coefficient (Wildman–Crippen LogP) is 6.16. The van der Waals surface area contributed by atoms with Crippen molar-refractivity contribution in [3.05, 3.63) is 23.5 Å². The first-order chi connectivity index (χ1) is 18.0. The maximum Gasteiger partial charge on any atom is 0.337 e. The number of carbonyl (C=O) groups is 1. The molecule has 40 heavy (non-hydrogen) atoms. The van der Waals surface area contributed by atoms with Crippen LogP contribution in [0.5, 0.6) is 0 Å². The van der Waals surface area contributed by atoms with Crippen LogP contribution in [0.2, 0.25) is 37.8 Å². The van der Waals surface area contributed by atoms with Gasteiger partial charge in [0.2, 0.25) is 5.79 Å². The van der Waals surface area contributed by atoms with Crippen LogP contribution in [0.25, 0.3) is 0 Å². The molecule has 0 aromatic carbocycles. The van der Waals surface area contributed by atoms with Gasteiger partial charge in [0.1, 0.15) is 5.76 Å². The summed E-state index contributed by atoms with van der Waals surface area (Å²) in [4.78, 5) is 12.1. The van der Waals surface area contributed by atoms with Crippen molar-refractivity contribution >= 4 is 22.6 Å². The number of methoxy groups -OCH3 is 1. The van der Waals surface area contributed by atoms with Crippen molar-refractivity contribution in [1.82, 2.24) is 0 Å². The molecular formula is C30H58O8Si2. The summed E-state index contributed by atoms with van der Waals surface area (Å²) in [6, 6.07) is 0. The van der Waals surface area contributed by atoms with Crippen molar-refractivity contribution in [2.45, 2.75) is 136 Å². The number of ether oxygens (including phenoxy) is 3. The predicted molar refractivity (Wildman–Crippen MR) is 165 cm³/mol. The summed E-state index contributed by atoms with van der Waals surface area (Å²) >= 11 is 0. The second-order valence-corrected chi connectivity index (χ2v) is 23.6. The summed E-state index contributed by atoms with van der Waals surface area (Å²) in [5, 5.41) is 22.2. The van der Waals surface area contributed by atoms with Gasteiger partial charge < -0.3 is 33.3 Å². The molecule has 1 rings (SSSR count). The zero-order valence-electron chi connectivity index (χ0n) is 27.6. The number of aliphatic hydroxyl groups excluding tert-OH is 2. The first-order valence-electron chi connectivity index (χ1n) is 14.5. The summed E-state index contributed by atoms with van der Waals surface area (Å²) in [6.07, 6.45) is 2.05. The Balaban J connectivity index is 2.98. The van der Waals surface area contributed by atoms with Gasteiger partial charge in [-0.2, -0.15) is 0 Å². The Kier molecular flexibility index (Phi) is 13.4. The maximum atomic E-state index is 12.1. The molecule has 8 nitrogen and oxygen atoms in total. The van der Waals surface area contributed by atoms with Gasteiger partial charge in [0.15, 0.2) is 16.6 Å². The van der Waals surface area contributed by atoms with E-state index >= 15 is 0 Å². The van der Waals surface area contributed by atoms with Gasteiger partial charge in [-0.15, -0.1) is 0 Å². The quantitative estimate of drug-likeness (QED) is 0.131. The van der Waals surface area contributed by atoms with Crippen LogP contribution in [0.4, 0.5) is 0 Å². The normalized spacial score (nSPS) is 21.4. The second kappa shape index (κ2) is 14.4. The Morgan fingerprint density at radius 1 is 1.07 bits per heavy atom. The molecule has 0 unspecified atom stereocenters. The van der Waals surface area contributed by atoms with Gasteiger partial charge in [0.25, 0.3) is 0 Å². The van der Waals surface area contributed by atoms with E-state index in [2.05, 4.69) is 53.5 Å². The summed E-state index contributed by atoms with van der Waals surface area (Å²) in [6.45, 7) is 26.8. The number of cyclic esters (lactones) is 1. The van der Waals surface area contributed by atoms with Gasteiger partial charge >= 0.3 is 5.97 Å². The topological polar surface area (TPSA) is 104 Å². The fourth-order valence-electron chi connectivity index (χ4n) is 4.48. The van der Waals surface area contributed by atoms with Crippen molar-refractivity contribution < 1.29 is 38.1 Å². The summed E-state index contributed by atoms with van der Waals surface area (Å²) in [5.41, 5.74) is 0.973. The van der Waals surface area contributed by atoms with Gasteiger partial charge in [0.05, 0.1) is 37.1 Å².